The predicted molar refractivity (Wildman–Crippen MR) is 76.1 cm³/mol. The van der Waals surface area contributed by atoms with Crippen LogP contribution in [0.5, 0.6) is 0 Å². The fourth-order valence-corrected chi connectivity index (χ4v) is 2.08. The van der Waals surface area contributed by atoms with Crippen molar-refractivity contribution in [3.8, 4) is 0 Å². The summed E-state index contributed by atoms with van der Waals surface area (Å²) in [7, 11) is 0. The summed E-state index contributed by atoms with van der Waals surface area (Å²) in [6.07, 6.45) is 0. The second-order valence-corrected chi connectivity index (χ2v) is 7.50. The Morgan fingerprint density at radius 3 is 2.20 bits per heavy atom. The van der Waals surface area contributed by atoms with Crippen molar-refractivity contribution in [3.05, 3.63) is 35.1 Å². The topological polar surface area (TPSA) is 35.4 Å². The van der Waals surface area contributed by atoms with Gasteiger partial charge in [0.2, 0.25) is 0 Å². The van der Waals surface area contributed by atoms with Gasteiger partial charge < -0.3 is 4.55 Å². The van der Waals surface area contributed by atoms with Gasteiger partial charge in [-0.25, -0.2) is 13.2 Å². The number of hydrogen-bond acceptors (Lipinski definition) is 2. The fraction of sp³-hybridized carbons (Fsp3) is 0.500. The Labute approximate surface area is 120 Å². The van der Waals surface area contributed by atoms with E-state index in [1.165, 1.54) is 19.1 Å². The third-order valence-electron chi connectivity index (χ3n) is 2.61. The van der Waals surface area contributed by atoms with Gasteiger partial charge >= 0.3 is 0 Å². The average Bonchev–Trinajstić information content (AvgIpc) is 2.26. The van der Waals surface area contributed by atoms with Gasteiger partial charge in [-0.2, -0.15) is 0 Å². The van der Waals surface area contributed by atoms with E-state index in [0.29, 0.717) is 6.92 Å². The Bertz CT molecular complexity index is 518. The molecular formula is C14H18F3NOS. The monoisotopic (exact) mass is 305 g/mol. The zero-order chi connectivity index (χ0) is 15.7. The first-order valence-corrected chi connectivity index (χ1v) is 7.19. The van der Waals surface area contributed by atoms with E-state index in [2.05, 4.69) is 4.40 Å². The normalized spacial score (nSPS) is 15.3. The van der Waals surface area contributed by atoms with Gasteiger partial charge in [0, 0.05) is 12.5 Å². The molecule has 1 rings (SSSR count). The number of benzene rings is 1. The number of nitrogens with zero attached hydrogens (tertiary/aromatic N) is 1. The van der Waals surface area contributed by atoms with Crippen LogP contribution in [0.1, 0.15) is 45.7 Å². The standard InChI is InChI=1S/C14H18F3NOS/c1-9(18-20(19)13(2,3)4)10-7-6-8-11(12(10)15)14(5,16)17/h6-8H,1-5H3/b18-9+. The molecule has 1 aromatic rings. The van der Waals surface area contributed by atoms with Gasteiger partial charge in [-0.05, 0) is 27.7 Å². The van der Waals surface area contributed by atoms with E-state index in [4.69, 9.17) is 0 Å². The minimum absolute atomic E-state index is 0.0541. The van der Waals surface area contributed by atoms with E-state index in [-0.39, 0.29) is 11.3 Å². The van der Waals surface area contributed by atoms with E-state index in [0.717, 1.165) is 6.07 Å². The Morgan fingerprint density at radius 2 is 1.75 bits per heavy atom. The van der Waals surface area contributed by atoms with Gasteiger partial charge in [0.25, 0.3) is 5.92 Å². The lowest BCUT2D eigenvalue weighted by atomic mass is 10.0. The molecule has 0 saturated carbocycles. The van der Waals surface area contributed by atoms with E-state index in [9.17, 15) is 17.7 Å². The molecule has 0 N–H and O–H groups in total. The molecule has 0 heterocycles. The molecule has 0 bridgehead atoms. The van der Waals surface area contributed by atoms with E-state index >= 15 is 0 Å². The van der Waals surface area contributed by atoms with Gasteiger partial charge in [0.15, 0.2) is 0 Å². The van der Waals surface area contributed by atoms with Crippen LogP contribution >= 0.6 is 0 Å². The van der Waals surface area contributed by atoms with Crippen LogP contribution in [0.4, 0.5) is 13.2 Å². The van der Waals surface area contributed by atoms with Crippen LogP contribution in [0.3, 0.4) is 0 Å². The average molecular weight is 305 g/mol. The lowest BCUT2D eigenvalue weighted by Crippen LogP contribution is -2.27. The number of hydrogen-bond donors (Lipinski definition) is 0. The Hall–Kier alpha value is -1.01. The molecule has 0 aliphatic carbocycles. The van der Waals surface area contributed by atoms with Crippen molar-refractivity contribution in [2.24, 2.45) is 4.40 Å². The Kier molecular flexibility index (Phi) is 4.92. The maximum absolute atomic E-state index is 14.1. The molecule has 112 valence electrons. The summed E-state index contributed by atoms with van der Waals surface area (Å²) in [6.45, 7) is 7.28. The molecule has 1 atom stereocenters. The minimum Gasteiger partial charge on any atom is -0.591 e. The summed E-state index contributed by atoms with van der Waals surface area (Å²) in [6, 6.07) is 3.72. The summed E-state index contributed by atoms with van der Waals surface area (Å²) < 4.78 is 55.9. The van der Waals surface area contributed by atoms with Crippen molar-refractivity contribution in [1.82, 2.24) is 0 Å². The van der Waals surface area contributed by atoms with Crippen molar-refractivity contribution in [3.63, 3.8) is 0 Å². The van der Waals surface area contributed by atoms with Crippen LogP contribution in [-0.2, 0) is 17.3 Å². The maximum Gasteiger partial charge on any atom is 0.273 e. The van der Waals surface area contributed by atoms with Crippen LogP contribution < -0.4 is 0 Å². The minimum atomic E-state index is -3.27. The Morgan fingerprint density at radius 1 is 1.20 bits per heavy atom. The molecule has 1 aromatic carbocycles. The van der Waals surface area contributed by atoms with Crippen LogP contribution in [0.25, 0.3) is 0 Å². The Balaban J connectivity index is 3.25. The SMILES string of the molecule is C/C(=N\[S+]([O-])C(C)(C)C)c1cccc(C(C)(F)F)c1F. The van der Waals surface area contributed by atoms with Gasteiger partial charge in [-0.1, -0.05) is 22.6 Å². The molecular weight excluding hydrogens is 287 g/mol. The van der Waals surface area contributed by atoms with E-state index in [1.807, 2.05) is 0 Å². The highest BCUT2D eigenvalue weighted by Gasteiger charge is 2.31. The summed E-state index contributed by atoms with van der Waals surface area (Å²) in [5, 5.41) is 0. The summed E-state index contributed by atoms with van der Waals surface area (Å²) in [4.78, 5) is 0. The summed E-state index contributed by atoms with van der Waals surface area (Å²) in [5.74, 6) is -4.30. The summed E-state index contributed by atoms with van der Waals surface area (Å²) in [5.41, 5.74) is -0.602. The molecule has 20 heavy (non-hydrogen) atoms. The molecule has 2 nitrogen and oxygen atoms in total. The molecule has 0 aliphatic heterocycles. The molecule has 6 heteroatoms. The van der Waals surface area contributed by atoms with E-state index < -0.39 is 33.4 Å². The first-order chi connectivity index (χ1) is 8.94. The van der Waals surface area contributed by atoms with Gasteiger partial charge in [0.05, 0.1) is 11.3 Å². The van der Waals surface area contributed by atoms with E-state index in [1.54, 1.807) is 20.8 Å². The van der Waals surface area contributed by atoms with Crippen molar-refractivity contribution < 1.29 is 17.7 Å². The smallest absolute Gasteiger partial charge is 0.273 e. The lowest BCUT2D eigenvalue weighted by Gasteiger charge is -2.19. The maximum atomic E-state index is 14.1. The molecule has 0 radical (unpaired) electrons. The molecule has 0 aromatic heterocycles. The highest BCUT2D eigenvalue weighted by atomic mass is 32.2. The largest absolute Gasteiger partial charge is 0.591 e. The lowest BCUT2D eigenvalue weighted by molar-refractivity contribution is 0.0137. The second-order valence-electron chi connectivity index (χ2n) is 5.59. The van der Waals surface area contributed by atoms with Gasteiger partial charge in [-0.3, -0.25) is 0 Å². The van der Waals surface area contributed by atoms with Crippen LogP contribution in [0.15, 0.2) is 22.6 Å². The van der Waals surface area contributed by atoms with Gasteiger partial charge in [0.1, 0.15) is 21.9 Å². The van der Waals surface area contributed by atoms with Crippen molar-refractivity contribution in [1.29, 1.82) is 0 Å². The third kappa shape index (κ3) is 3.99. The highest BCUT2D eigenvalue weighted by molar-refractivity contribution is 7.91. The quantitative estimate of drug-likeness (QED) is 0.608. The van der Waals surface area contributed by atoms with Crippen LogP contribution in [0.2, 0.25) is 0 Å². The summed E-state index contributed by atoms with van der Waals surface area (Å²) >= 11 is -1.57. The number of halogens is 3. The molecule has 0 aliphatic rings. The number of alkyl halides is 2. The van der Waals surface area contributed by atoms with Crippen LogP contribution in [-0.4, -0.2) is 15.0 Å². The third-order valence-corrected chi connectivity index (χ3v) is 4.09. The zero-order valence-electron chi connectivity index (χ0n) is 12.1. The molecule has 0 amide bonds. The molecule has 0 saturated heterocycles. The predicted octanol–water partition coefficient (Wildman–Crippen LogP) is 4.21. The van der Waals surface area contributed by atoms with Crippen molar-refractivity contribution >= 4 is 17.1 Å². The fourth-order valence-electron chi connectivity index (χ4n) is 1.46. The molecule has 0 fully saturated rings. The number of rotatable bonds is 3. The molecule has 0 spiro atoms. The highest BCUT2D eigenvalue weighted by Crippen LogP contribution is 2.31. The first kappa shape index (κ1) is 17.0. The van der Waals surface area contributed by atoms with Crippen molar-refractivity contribution in [2.45, 2.75) is 45.3 Å². The molecule has 1 unspecified atom stereocenters. The van der Waals surface area contributed by atoms with Gasteiger partial charge in [-0.15, -0.1) is 0 Å². The van der Waals surface area contributed by atoms with Crippen LogP contribution in [0, 0.1) is 5.82 Å². The van der Waals surface area contributed by atoms with Crippen molar-refractivity contribution in [2.75, 3.05) is 0 Å². The second kappa shape index (κ2) is 5.77. The zero-order valence-corrected chi connectivity index (χ0v) is 12.9. The first-order valence-electron chi connectivity index (χ1n) is 6.09.